The van der Waals surface area contributed by atoms with E-state index in [0.29, 0.717) is 5.92 Å². The van der Waals surface area contributed by atoms with Gasteiger partial charge >= 0.3 is 0 Å². The van der Waals surface area contributed by atoms with Crippen molar-refractivity contribution in [1.82, 2.24) is 15.0 Å². The molecule has 0 fully saturated rings. The van der Waals surface area contributed by atoms with Crippen LogP contribution < -0.4 is 5.32 Å². The van der Waals surface area contributed by atoms with Crippen LogP contribution in [-0.2, 0) is 12.8 Å². The molecule has 1 N–H and O–H groups in total. The van der Waals surface area contributed by atoms with Crippen LogP contribution in [0.5, 0.6) is 0 Å². The van der Waals surface area contributed by atoms with Gasteiger partial charge in [-0.1, -0.05) is 19.4 Å². The molecule has 2 heterocycles. The number of pyridine rings is 1. The van der Waals surface area contributed by atoms with Gasteiger partial charge < -0.3 is 5.32 Å². The molecule has 2 aromatic heterocycles. The van der Waals surface area contributed by atoms with Crippen molar-refractivity contribution in [2.75, 3.05) is 12.4 Å². The minimum Gasteiger partial charge on any atom is -0.373 e. The zero-order valence-corrected chi connectivity index (χ0v) is 12.1. The van der Waals surface area contributed by atoms with Gasteiger partial charge in [0.25, 0.3) is 0 Å². The van der Waals surface area contributed by atoms with Gasteiger partial charge in [0.05, 0.1) is 11.4 Å². The molecule has 3 rings (SSSR count). The van der Waals surface area contributed by atoms with Crippen LogP contribution in [0.1, 0.15) is 48.2 Å². The minimum atomic E-state index is 0.322. The van der Waals surface area contributed by atoms with Crippen molar-refractivity contribution in [3.8, 4) is 0 Å². The number of anilines is 1. The minimum absolute atomic E-state index is 0.322. The predicted molar refractivity (Wildman–Crippen MR) is 80.0 cm³/mol. The second-order valence-corrected chi connectivity index (χ2v) is 5.23. The molecule has 0 saturated carbocycles. The summed E-state index contributed by atoms with van der Waals surface area (Å²) in [6.45, 7) is 2.19. The number of rotatable bonds is 4. The third kappa shape index (κ3) is 2.15. The summed E-state index contributed by atoms with van der Waals surface area (Å²) in [4.78, 5) is 13.5. The molecule has 2 aromatic rings. The van der Waals surface area contributed by atoms with Crippen molar-refractivity contribution in [3.05, 3.63) is 47.2 Å². The highest BCUT2D eigenvalue weighted by Crippen LogP contribution is 2.38. The second kappa shape index (κ2) is 5.57. The fourth-order valence-corrected chi connectivity index (χ4v) is 3.12. The van der Waals surface area contributed by atoms with E-state index in [2.05, 4.69) is 33.3 Å². The second-order valence-electron chi connectivity index (χ2n) is 5.23. The third-order valence-electron chi connectivity index (χ3n) is 4.00. The molecule has 0 saturated heterocycles. The molecule has 1 atom stereocenters. The summed E-state index contributed by atoms with van der Waals surface area (Å²) in [5, 5.41) is 3.20. The summed E-state index contributed by atoms with van der Waals surface area (Å²) < 4.78 is 0. The lowest BCUT2D eigenvalue weighted by atomic mass is 9.95. The molecule has 0 amide bonds. The summed E-state index contributed by atoms with van der Waals surface area (Å²) in [7, 11) is 1.92. The molecule has 4 heteroatoms. The zero-order valence-electron chi connectivity index (χ0n) is 12.1. The van der Waals surface area contributed by atoms with Crippen molar-refractivity contribution in [2.45, 2.75) is 38.5 Å². The number of nitrogens with zero attached hydrogens (tertiary/aromatic N) is 3. The number of aromatic nitrogens is 3. The van der Waals surface area contributed by atoms with Crippen molar-refractivity contribution < 1.29 is 0 Å². The van der Waals surface area contributed by atoms with E-state index in [0.717, 1.165) is 37.2 Å². The van der Waals surface area contributed by atoms with E-state index >= 15 is 0 Å². The molecule has 0 aliphatic heterocycles. The molecule has 1 unspecified atom stereocenters. The molecule has 20 heavy (non-hydrogen) atoms. The van der Waals surface area contributed by atoms with Crippen LogP contribution in [-0.4, -0.2) is 22.0 Å². The Morgan fingerprint density at radius 3 is 2.95 bits per heavy atom. The van der Waals surface area contributed by atoms with Gasteiger partial charge in [0.2, 0.25) is 0 Å². The average Bonchev–Trinajstić information content (AvgIpc) is 2.92. The van der Waals surface area contributed by atoms with Crippen LogP contribution in [0.25, 0.3) is 0 Å². The Morgan fingerprint density at radius 1 is 1.25 bits per heavy atom. The standard InChI is InChI=1S/C16H20N4/c1-3-5-13-15(19-10-20-16(13)17-2)12-8-7-11-6-4-9-18-14(11)12/h4,6,9-10,12H,3,5,7-8H2,1-2H3,(H,17,19,20). The van der Waals surface area contributed by atoms with Crippen LogP contribution in [0.3, 0.4) is 0 Å². The Morgan fingerprint density at radius 2 is 2.15 bits per heavy atom. The van der Waals surface area contributed by atoms with Crippen molar-refractivity contribution >= 4 is 5.82 Å². The summed E-state index contributed by atoms with van der Waals surface area (Å²) >= 11 is 0. The lowest BCUT2D eigenvalue weighted by Gasteiger charge is -2.17. The predicted octanol–water partition coefficient (Wildman–Crippen LogP) is 2.94. The van der Waals surface area contributed by atoms with Crippen LogP contribution in [0.15, 0.2) is 24.7 Å². The van der Waals surface area contributed by atoms with Crippen LogP contribution in [0.2, 0.25) is 0 Å². The maximum Gasteiger partial charge on any atom is 0.132 e. The first-order valence-electron chi connectivity index (χ1n) is 7.30. The van der Waals surface area contributed by atoms with Gasteiger partial charge in [0.15, 0.2) is 0 Å². The number of fused-ring (bicyclic) bond motifs is 1. The quantitative estimate of drug-likeness (QED) is 0.926. The Labute approximate surface area is 119 Å². The van der Waals surface area contributed by atoms with Crippen LogP contribution >= 0.6 is 0 Å². The van der Waals surface area contributed by atoms with E-state index in [-0.39, 0.29) is 0 Å². The number of hydrogen-bond donors (Lipinski definition) is 1. The molecule has 104 valence electrons. The Bertz CT molecular complexity index is 609. The van der Waals surface area contributed by atoms with Gasteiger partial charge in [0, 0.05) is 24.7 Å². The third-order valence-corrected chi connectivity index (χ3v) is 4.00. The average molecular weight is 268 g/mol. The topological polar surface area (TPSA) is 50.7 Å². The van der Waals surface area contributed by atoms with Crippen molar-refractivity contribution in [1.29, 1.82) is 0 Å². The Hall–Kier alpha value is -1.97. The lowest BCUT2D eigenvalue weighted by Crippen LogP contribution is -2.10. The Kier molecular flexibility index (Phi) is 3.63. The molecule has 0 radical (unpaired) electrons. The van der Waals surface area contributed by atoms with Gasteiger partial charge in [-0.05, 0) is 30.9 Å². The monoisotopic (exact) mass is 268 g/mol. The molecule has 0 aromatic carbocycles. The lowest BCUT2D eigenvalue weighted by molar-refractivity contribution is 0.721. The fraction of sp³-hybridized carbons (Fsp3) is 0.438. The maximum absolute atomic E-state index is 4.60. The van der Waals surface area contributed by atoms with Crippen LogP contribution in [0.4, 0.5) is 5.82 Å². The van der Waals surface area contributed by atoms with E-state index in [4.69, 9.17) is 0 Å². The van der Waals surface area contributed by atoms with E-state index in [1.165, 1.54) is 16.8 Å². The molecular weight excluding hydrogens is 248 g/mol. The smallest absolute Gasteiger partial charge is 0.132 e. The molecule has 0 spiro atoms. The van der Waals surface area contributed by atoms with E-state index < -0.39 is 0 Å². The van der Waals surface area contributed by atoms with Gasteiger partial charge in [-0.2, -0.15) is 0 Å². The molecule has 4 nitrogen and oxygen atoms in total. The SMILES string of the molecule is CCCc1c(NC)ncnc1C1CCc2cccnc21. The summed E-state index contributed by atoms with van der Waals surface area (Å²) in [6.07, 6.45) is 7.85. The normalized spacial score (nSPS) is 17.0. The number of hydrogen-bond acceptors (Lipinski definition) is 4. The van der Waals surface area contributed by atoms with Crippen molar-refractivity contribution in [2.24, 2.45) is 0 Å². The van der Waals surface area contributed by atoms with Gasteiger partial charge in [-0.25, -0.2) is 9.97 Å². The highest BCUT2D eigenvalue weighted by Gasteiger charge is 2.28. The van der Waals surface area contributed by atoms with Crippen molar-refractivity contribution in [3.63, 3.8) is 0 Å². The van der Waals surface area contributed by atoms with Crippen LogP contribution in [0, 0.1) is 0 Å². The first-order valence-corrected chi connectivity index (χ1v) is 7.30. The first-order chi connectivity index (χ1) is 9.85. The van der Waals surface area contributed by atoms with E-state index in [1.807, 2.05) is 19.3 Å². The number of aryl methyl sites for hydroxylation is 1. The van der Waals surface area contributed by atoms with Gasteiger partial charge in [-0.15, -0.1) is 0 Å². The van der Waals surface area contributed by atoms with Gasteiger partial charge in [0.1, 0.15) is 12.1 Å². The Balaban J connectivity index is 2.07. The van der Waals surface area contributed by atoms with Gasteiger partial charge in [-0.3, -0.25) is 4.98 Å². The zero-order chi connectivity index (χ0) is 13.9. The largest absolute Gasteiger partial charge is 0.373 e. The molecular formula is C16H20N4. The highest BCUT2D eigenvalue weighted by molar-refractivity contribution is 5.49. The fourth-order valence-electron chi connectivity index (χ4n) is 3.12. The summed E-state index contributed by atoms with van der Waals surface area (Å²) in [5.41, 5.74) is 4.97. The molecule has 1 aliphatic carbocycles. The summed E-state index contributed by atoms with van der Waals surface area (Å²) in [6, 6.07) is 4.20. The van der Waals surface area contributed by atoms with E-state index in [1.54, 1.807) is 6.33 Å². The summed E-state index contributed by atoms with van der Waals surface area (Å²) in [5.74, 6) is 1.28. The maximum atomic E-state index is 4.60. The number of nitrogens with one attached hydrogen (secondary N) is 1. The molecule has 0 bridgehead atoms. The first kappa shape index (κ1) is 13.0. The van der Waals surface area contributed by atoms with E-state index in [9.17, 15) is 0 Å². The highest BCUT2D eigenvalue weighted by atomic mass is 15.0. The molecule has 1 aliphatic rings.